The van der Waals surface area contributed by atoms with E-state index in [9.17, 15) is 4.79 Å². The Kier molecular flexibility index (Phi) is 4.76. The third-order valence-electron chi connectivity index (χ3n) is 4.01. The van der Waals surface area contributed by atoms with Gasteiger partial charge in [0.05, 0.1) is 12.0 Å². The van der Waals surface area contributed by atoms with Crippen molar-refractivity contribution in [2.24, 2.45) is 11.3 Å². The van der Waals surface area contributed by atoms with E-state index in [1.54, 1.807) is 0 Å². The zero-order chi connectivity index (χ0) is 13.0. The van der Waals surface area contributed by atoms with Crippen molar-refractivity contribution in [2.75, 3.05) is 52.5 Å². The Morgan fingerprint density at radius 3 is 2.39 bits per heavy atom. The average Bonchev–Trinajstić information content (AvgIpc) is 2.80. The molecule has 104 valence electrons. The summed E-state index contributed by atoms with van der Waals surface area (Å²) < 4.78 is 5.40. The van der Waals surface area contributed by atoms with E-state index < -0.39 is 0 Å². The second-order valence-corrected chi connectivity index (χ2v) is 6.25. The standard InChI is InChI=1S/C14H26N2O2/c1-13(2)9-15-4-6-16(7-5-15)10-14(11-17)3-8-18-12-14/h11,13H,3-10,12H2,1-2H3. The largest absolute Gasteiger partial charge is 0.380 e. The lowest BCUT2D eigenvalue weighted by atomic mass is 9.88. The molecule has 0 aromatic carbocycles. The molecule has 2 aliphatic rings. The molecule has 2 aliphatic heterocycles. The first-order chi connectivity index (χ1) is 8.63. The van der Waals surface area contributed by atoms with Crippen LogP contribution in [0.4, 0.5) is 0 Å². The average molecular weight is 254 g/mol. The summed E-state index contributed by atoms with van der Waals surface area (Å²) >= 11 is 0. The maximum absolute atomic E-state index is 11.3. The van der Waals surface area contributed by atoms with E-state index in [0.717, 1.165) is 58.0 Å². The maximum Gasteiger partial charge on any atom is 0.129 e. The molecule has 4 nitrogen and oxygen atoms in total. The Bertz CT molecular complexity index is 267. The number of hydrogen-bond acceptors (Lipinski definition) is 4. The normalized spacial score (nSPS) is 31.1. The van der Waals surface area contributed by atoms with Crippen molar-refractivity contribution in [2.45, 2.75) is 20.3 Å². The Morgan fingerprint density at radius 1 is 1.22 bits per heavy atom. The molecule has 1 atom stereocenters. The van der Waals surface area contributed by atoms with Gasteiger partial charge in [-0.05, 0) is 12.3 Å². The zero-order valence-corrected chi connectivity index (χ0v) is 11.7. The SMILES string of the molecule is CC(C)CN1CCN(CC2(C=O)CCOC2)CC1. The summed E-state index contributed by atoms with van der Waals surface area (Å²) in [5, 5.41) is 0. The quantitative estimate of drug-likeness (QED) is 0.682. The van der Waals surface area contributed by atoms with Crippen LogP contribution in [0.25, 0.3) is 0 Å². The van der Waals surface area contributed by atoms with Crippen LogP contribution in [-0.4, -0.2) is 68.6 Å². The first kappa shape index (κ1) is 14.0. The van der Waals surface area contributed by atoms with Gasteiger partial charge in [0.15, 0.2) is 0 Å². The maximum atomic E-state index is 11.3. The van der Waals surface area contributed by atoms with Gasteiger partial charge in [-0.15, -0.1) is 0 Å². The topological polar surface area (TPSA) is 32.8 Å². The smallest absolute Gasteiger partial charge is 0.129 e. The zero-order valence-electron chi connectivity index (χ0n) is 11.7. The Labute approximate surface area is 110 Å². The second kappa shape index (κ2) is 6.13. The lowest BCUT2D eigenvalue weighted by molar-refractivity contribution is -0.117. The fourth-order valence-corrected chi connectivity index (χ4v) is 2.97. The molecule has 1 unspecified atom stereocenters. The van der Waals surface area contributed by atoms with E-state index in [1.165, 1.54) is 6.54 Å². The Morgan fingerprint density at radius 2 is 1.89 bits per heavy atom. The summed E-state index contributed by atoms with van der Waals surface area (Å²) in [6.45, 7) is 12.4. The summed E-state index contributed by atoms with van der Waals surface area (Å²) in [7, 11) is 0. The van der Waals surface area contributed by atoms with E-state index in [2.05, 4.69) is 23.6 Å². The summed E-state index contributed by atoms with van der Waals surface area (Å²) in [5.41, 5.74) is -0.222. The van der Waals surface area contributed by atoms with E-state index >= 15 is 0 Å². The number of ether oxygens (including phenoxy) is 1. The fraction of sp³-hybridized carbons (Fsp3) is 0.929. The molecule has 2 rings (SSSR count). The van der Waals surface area contributed by atoms with Crippen LogP contribution in [0.1, 0.15) is 20.3 Å². The van der Waals surface area contributed by atoms with E-state index in [4.69, 9.17) is 4.74 Å². The van der Waals surface area contributed by atoms with Gasteiger partial charge in [-0.1, -0.05) is 13.8 Å². The molecule has 4 heteroatoms. The van der Waals surface area contributed by atoms with Gasteiger partial charge in [0.1, 0.15) is 6.29 Å². The van der Waals surface area contributed by atoms with Crippen LogP contribution in [0.3, 0.4) is 0 Å². The third-order valence-corrected chi connectivity index (χ3v) is 4.01. The highest BCUT2D eigenvalue weighted by Gasteiger charge is 2.37. The predicted molar refractivity (Wildman–Crippen MR) is 71.7 cm³/mol. The molecule has 0 aliphatic carbocycles. The molecule has 0 aromatic rings. The summed E-state index contributed by atoms with van der Waals surface area (Å²) in [6, 6.07) is 0. The van der Waals surface area contributed by atoms with Crippen LogP contribution in [0.15, 0.2) is 0 Å². The number of aldehydes is 1. The monoisotopic (exact) mass is 254 g/mol. The predicted octanol–water partition coefficient (Wildman–Crippen LogP) is 0.866. The highest BCUT2D eigenvalue weighted by Crippen LogP contribution is 2.27. The van der Waals surface area contributed by atoms with Crippen LogP contribution in [0, 0.1) is 11.3 Å². The molecule has 0 radical (unpaired) electrons. The summed E-state index contributed by atoms with van der Waals surface area (Å²) in [4.78, 5) is 16.3. The van der Waals surface area contributed by atoms with E-state index in [1.807, 2.05) is 0 Å². The second-order valence-electron chi connectivity index (χ2n) is 6.25. The number of hydrogen-bond donors (Lipinski definition) is 0. The lowest BCUT2D eigenvalue weighted by Gasteiger charge is -2.38. The Balaban J connectivity index is 1.77. The molecule has 2 saturated heterocycles. The minimum Gasteiger partial charge on any atom is -0.380 e. The molecule has 2 heterocycles. The van der Waals surface area contributed by atoms with Gasteiger partial charge in [0.25, 0.3) is 0 Å². The van der Waals surface area contributed by atoms with Crippen molar-refractivity contribution in [3.63, 3.8) is 0 Å². The van der Waals surface area contributed by atoms with Gasteiger partial charge in [-0.3, -0.25) is 4.90 Å². The lowest BCUT2D eigenvalue weighted by Crippen LogP contribution is -2.51. The van der Waals surface area contributed by atoms with Crippen molar-refractivity contribution in [1.29, 1.82) is 0 Å². The number of nitrogens with zero attached hydrogens (tertiary/aromatic N) is 2. The molecule has 2 fully saturated rings. The van der Waals surface area contributed by atoms with Crippen molar-refractivity contribution < 1.29 is 9.53 Å². The minimum atomic E-state index is -0.222. The summed E-state index contributed by atoms with van der Waals surface area (Å²) in [5.74, 6) is 0.737. The number of carbonyl (C=O) groups excluding carboxylic acids is 1. The van der Waals surface area contributed by atoms with E-state index in [-0.39, 0.29) is 5.41 Å². The van der Waals surface area contributed by atoms with Gasteiger partial charge in [-0.25, -0.2) is 0 Å². The minimum absolute atomic E-state index is 0.222. The Hall–Kier alpha value is -0.450. The molecule has 0 aromatic heterocycles. The number of carbonyl (C=O) groups is 1. The van der Waals surface area contributed by atoms with Crippen LogP contribution < -0.4 is 0 Å². The van der Waals surface area contributed by atoms with Gasteiger partial charge < -0.3 is 14.4 Å². The summed E-state index contributed by atoms with van der Waals surface area (Å²) in [6.07, 6.45) is 2.02. The van der Waals surface area contributed by atoms with Gasteiger partial charge >= 0.3 is 0 Å². The van der Waals surface area contributed by atoms with Crippen molar-refractivity contribution >= 4 is 6.29 Å². The van der Waals surface area contributed by atoms with Crippen LogP contribution in [0.2, 0.25) is 0 Å². The van der Waals surface area contributed by atoms with Crippen LogP contribution in [-0.2, 0) is 9.53 Å². The highest BCUT2D eigenvalue weighted by molar-refractivity contribution is 5.60. The molecule has 0 saturated carbocycles. The van der Waals surface area contributed by atoms with Gasteiger partial charge in [0, 0.05) is 45.9 Å². The van der Waals surface area contributed by atoms with Crippen LogP contribution >= 0.6 is 0 Å². The highest BCUT2D eigenvalue weighted by atomic mass is 16.5. The fourth-order valence-electron chi connectivity index (χ4n) is 2.97. The first-order valence-electron chi connectivity index (χ1n) is 7.12. The molecule has 0 N–H and O–H groups in total. The van der Waals surface area contributed by atoms with Gasteiger partial charge in [-0.2, -0.15) is 0 Å². The van der Waals surface area contributed by atoms with Gasteiger partial charge in [0.2, 0.25) is 0 Å². The first-order valence-corrected chi connectivity index (χ1v) is 7.12. The molecular weight excluding hydrogens is 228 g/mol. The third kappa shape index (κ3) is 3.53. The molecular formula is C14H26N2O2. The van der Waals surface area contributed by atoms with Crippen molar-refractivity contribution in [3.8, 4) is 0 Å². The molecule has 0 bridgehead atoms. The number of piperazine rings is 1. The van der Waals surface area contributed by atoms with E-state index in [0.29, 0.717) is 6.61 Å². The van der Waals surface area contributed by atoms with Crippen molar-refractivity contribution in [1.82, 2.24) is 9.80 Å². The molecule has 0 spiro atoms. The molecule has 0 amide bonds. The number of rotatable bonds is 5. The molecule has 18 heavy (non-hydrogen) atoms. The van der Waals surface area contributed by atoms with Crippen molar-refractivity contribution in [3.05, 3.63) is 0 Å². The van der Waals surface area contributed by atoms with Crippen LogP contribution in [0.5, 0.6) is 0 Å².